The van der Waals surface area contributed by atoms with Crippen LogP contribution in [0.5, 0.6) is 0 Å². The normalized spacial score (nSPS) is 9.30. The van der Waals surface area contributed by atoms with Crippen molar-refractivity contribution in [3.8, 4) is 0 Å². The van der Waals surface area contributed by atoms with Crippen LogP contribution < -0.4 is 0 Å². The van der Waals surface area contributed by atoms with E-state index in [1.54, 1.807) is 0 Å². The van der Waals surface area contributed by atoms with E-state index in [2.05, 4.69) is 249 Å². The van der Waals surface area contributed by atoms with E-state index in [0.29, 0.717) is 0 Å². The van der Waals surface area contributed by atoms with Crippen LogP contribution in [0.4, 0.5) is 0 Å². The second kappa shape index (κ2) is 42.8. The maximum Gasteiger partial charge on any atom is 0.0446 e. The minimum atomic E-state index is 0.791. The third-order valence-electron chi connectivity index (χ3n) is 7.97. The maximum atomic E-state index is 5.79. The maximum absolute atomic E-state index is 5.79. The van der Waals surface area contributed by atoms with Gasteiger partial charge in [0, 0.05) is 54.5 Å². The summed E-state index contributed by atoms with van der Waals surface area (Å²) in [6, 6.07) is 59.2. The van der Waals surface area contributed by atoms with Gasteiger partial charge in [-0.25, -0.2) is 0 Å². The van der Waals surface area contributed by atoms with Gasteiger partial charge in [0.05, 0.1) is 0 Å². The predicted molar refractivity (Wildman–Crippen MR) is 324 cm³/mol. The molecule has 11 heteroatoms. The van der Waals surface area contributed by atoms with E-state index in [9.17, 15) is 0 Å². The van der Waals surface area contributed by atoms with Crippen molar-refractivity contribution in [2.45, 2.75) is 66.1 Å². The number of benzene rings is 7. The molecule has 0 aliphatic carbocycles. The molecule has 0 saturated carbocycles. The van der Waals surface area contributed by atoms with Crippen molar-refractivity contribution < 1.29 is 0 Å². The van der Waals surface area contributed by atoms with Crippen LogP contribution in [0, 0.1) is 10.5 Å². The summed E-state index contributed by atoms with van der Waals surface area (Å²) < 4.78 is 3.63. The molecule has 0 spiro atoms. The third kappa shape index (κ3) is 31.7. The summed E-state index contributed by atoms with van der Waals surface area (Å²) in [5.74, 6) is 0. The molecule has 64 heavy (non-hydrogen) atoms. The molecule has 0 aliphatic heterocycles. The number of halogens is 11. The van der Waals surface area contributed by atoms with Crippen LogP contribution in [0.1, 0.15) is 65.3 Å². The van der Waals surface area contributed by atoms with Gasteiger partial charge in [0.15, 0.2) is 0 Å². The molecular weight excluding hydrogens is 1470 g/mol. The minimum absolute atomic E-state index is 0.791. The van der Waals surface area contributed by atoms with Crippen LogP contribution in [0.15, 0.2) is 185 Å². The predicted octanol–water partition coefficient (Wildman–Crippen LogP) is 22.5. The Morgan fingerprint density at radius 2 is 0.797 bits per heavy atom. The van der Waals surface area contributed by atoms with Crippen molar-refractivity contribution in [1.29, 1.82) is 0 Å². The van der Waals surface area contributed by atoms with Gasteiger partial charge in [-0.3, -0.25) is 0 Å². The van der Waals surface area contributed by atoms with Crippen molar-refractivity contribution in [3.63, 3.8) is 0 Å². The highest BCUT2D eigenvalue weighted by atomic mass is 127. The quantitative estimate of drug-likeness (QED) is 0.110. The Labute approximate surface area is 476 Å². The number of hydrogen-bond acceptors (Lipinski definition) is 0. The van der Waals surface area contributed by atoms with Crippen LogP contribution >= 0.6 is 173 Å². The van der Waals surface area contributed by atoms with Gasteiger partial charge in [-0.05, 0) is 117 Å². The van der Waals surface area contributed by atoms with Crippen LogP contribution in [0.25, 0.3) is 0 Å². The smallest absolute Gasteiger partial charge is 0.0446 e. The van der Waals surface area contributed by atoms with Gasteiger partial charge in [0.25, 0.3) is 0 Å². The standard InChI is InChI=1S/C8H9Br.C8H10.2C7H6Br2.2C7H6BrCl.C7H6BrI.C2H6/c1-7-2-4-8(6-9)5-3-7;1-2-8-6-4-3-5-7-8;8-5-6-1-3-7(9)4-2-6;8-5-6-3-1-2-4-7(6)9;8-5-6-1-3-7(9)4-2-6;2*8-5-6-3-1-2-4-7(6)9;1-2/h2-5H,6H2,1H3;3-7H,2H2,1H3;5*1-4H,5H2;1-2H3. The molecule has 0 aromatic heterocycles. The Hall–Kier alpha value is -0.310. The SMILES string of the molecule is BrCc1ccc(Br)cc1.BrCc1ccccc1Br.BrCc1ccccc1I.CC.CCc1ccccc1.Cc1ccc(CBr)cc1.Clc1ccc(CBr)cc1.Clc1ccccc1CBr. The zero-order chi connectivity index (χ0) is 48.0. The van der Waals surface area contributed by atoms with E-state index in [0.717, 1.165) is 58.5 Å². The van der Waals surface area contributed by atoms with E-state index >= 15 is 0 Å². The molecule has 344 valence electrons. The molecule has 7 aromatic rings. The lowest BCUT2D eigenvalue weighted by atomic mass is 10.2. The largest absolute Gasteiger partial charge is 0.0876 e. The molecule has 0 unspecified atom stereocenters. The summed E-state index contributed by atoms with van der Waals surface area (Å²) in [6.45, 7) is 8.26. The lowest BCUT2D eigenvalue weighted by Gasteiger charge is -1.95. The first kappa shape index (κ1) is 63.7. The van der Waals surface area contributed by atoms with Gasteiger partial charge in [0.2, 0.25) is 0 Å². The fraction of sp³-hybridized carbons (Fsp3) is 0.208. The Morgan fingerprint density at radius 1 is 0.406 bits per heavy atom. The van der Waals surface area contributed by atoms with Crippen molar-refractivity contribution in [2.75, 3.05) is 0 Å². The topological polar surface area (TPSA) is 0 Å². The Kier molecular flexibility index (Phi) is 42.6. The van der Waals surface area contributed by atoms with Gasteiger partial charge < -0.3 is 0 Å². The zero-order valence-electron chi connectivity index (χ0n) is 36.4. The molecule has 0 aliphatic rings. The lowest BCUT2D eigenvalue weighted by molar-refractivity contribution is 1.14. The molecule has 7 rings (SSSR count). The Morgan fingerprint density at radius 3 is 1.16 bits per heavy atom. The second-order valence-corrected chi connectivity index (χ2v) is 19.8. The Bertz CT molecular complexity index is 1940. The highest BCUT2D eigenvalue weighted by Crippen LogP contribution is 2.19. The lowest BCUT2D eigenvalue weighted by Crippen LogP contribution is -1.79. The van der Waals surface area contributed by atoms with Crippen molar-refractivity contribution in [3.05, 3.63) is 243 Å². The molecule has 0 N–H and O–H groups in total. The molecule has 0 bridgehead atoms. The molecule has 0 fully saturated rings. The van der Waals surface area contributed by atoms with Crippen molar-refractivity contribution in [2.24, 2.45) is 0 Å². The van der Waals surface area contributed by atoms with Crippen LogP contribution in [0.2, 0.25) is 10.0 Å². The molecule has 0 atom stereocenters. The third-order valence-corrected chi connectivity index (χ3v) is 14.7. The fourth-order valence-corrected chi connectivity index (χ4v) is 9.60. The van der Waals surface area contributed by atoms with Crippen molar-refractivity contribution in [1.82, 2.24) is 0 Å². The Balaban J connectivity index is 0.000000719. The highest BCUT2D eigenvalue weighted by Gasteiger charge is 1.95. The summed E-state index contributed by atoms with van der Waals surface area (Å²) in [5, 5.41) is 7.08. The molecule has 0 amide bonds. The number of rotatable bonds is 7. The molecule has 0 heterocycles. The van der Waals surface area contributed by atoms with Crippen molar-refractivity contribution >= 4 is 173 Å². The van der Waals surface area contributed by atoms with Gasteiger partial charge in [-0.1, -0.05) is 310 Å². The van der Waals surface area contributed by atoms with Crippen LogP contribution in [-0.4, -0.2) is 0 Å². The summed E-state index contributed by atoms with van der Waals surface area (Å²) in [6.07, 6.45) is 1.14. The summed E-state index contributed by atoms with van der Waals surface area (Å²) >= 11 is 40.8. The average molecular weight is 1530 g/mol. The van der Waals surface area contributed by atoms with Gasteiger partial charge in [0.1, 0.15) is 0 Å². The van der Waals surface area contributed by atoms with E-state index in [4.69, 9.17) is 23.2 Å². The first-order valence-electron chi connectivity index (χ1n) is 20.1. The van der Waals surface area contributed by atoms with Crippen LogP contribution in [-0.2, 0) is 38.4 Å². The minimum Gasteiger partial charge on any atom is -0.0876 e. The number of hydrogen-bond donors (Lipinski definition) is 0. The molecule has 0 nitrogen and oxygen atoms in total. The number of alkyl halides is 6. The second-order valence-electron chi connectivity index (χ2n) is 12.7. The van der Waals surface area contributed by atoms with Gasteiger partial charge >= 0.3 is 0 Å². The molecular formula is C53H55Br8Cl2I. The summed E-state index contributed by atoms with van der Waals surface area (Å²) in [4.78, 5) is 0. The van der Waals surface area contributed by atoms with E-state index in [1.807, 2.05) is 105 Å². The zero-order valence-corrected chi connectivity index (χ0v) is 52.7. The van der Waals surface area contributed by atoms with E-state index < -0.39 is 0 Å². The fourth-order valence-electron chi connectivity index (χ4n) is 4.36. The van der Waals surface area contributed by atoms with Crippen LogP contribution in [0.3, 0.4) is 0 Å². The van der Waals surface area contributed by atoms with Gasteiger partial charge in [-0.15, -0.1) is 0 Å². The molecule has 0 radical (unpaired) electrons. The first-order chi connectivity index (χ1) is 30.9. The average Bonchev–Trinajstić information content (AvgIpc) is 3.35. The van der Waals surface area contributed by atoms with E-state index in [-0.39, 0.29) is 0 Å². The number of aryl methyl sites for hydroxylation is 2. The molecule has 7 aromatic carbocycles. The first-order valence-corrected chi connectivity index (χ1v) is 30.2. The monoisotopic (exact) mass is 1520 g/mol. The van der Waals surface area contributed by atoms with Gasteiger partial charge in [-0.2, -0.15) is 0 Å². The highest BCUT2D eigenvalue weighted by molar-refractivity contribution is 14.1. The van der Waals surface area contributed by atoms with E-state index in [1.165, 1.54) is 47.0 Å². The summed E-state index contributed by atoms with van der Waals surface area (Å²) in [5.41, 5.74) is 10.4. The molecule has 0 saturated heterocycles. The summed E-state index contributed by atoms with van der Waals surface area (Å²) in [7, 11) is 0.